The summed E-state index contributed by atoms with van der Waals surface area (Å²) in [5.41, 5.74) is 3.31. The third-order valence-corrected chi connectivity index (χ3v) is 3.27. The summed E-state index contributed by atoms with van der Waals surface area (Å²) in [6.45, 7) is 2.62. The molecule has 3 rings (SSSR count). The lowest BCUT2D eigenvalue weighted by Gasteiger charge is -2.04. The maximum Gasteiger partial charge on any atom is 0.295 e. The standard InChI is InChI=1S/C15H13N3O3/c1-10-4-2-3-5-11(10)9-16-15-17-13-8-12(18(19)20)6-7-14(13)21-15/h2-8H,9H2,1H3,(H,16,17). The molecule has 1 heterocycles. The van der Waals surface area contributed by atoms with Gasteiger partial charge in [-0.15, -0.1) is 0 Å². The smallest absolute Gasteiger partial charge is 0.295 e. The number of nitro benzene ring substituents is 1. The SMILES string of the molecule is Cc1ccccc1CNc1nc2cc([N+](=O)[O-])ccc2o1. The minimum Gasteiger partial charge on any atom is -0.424 e. The van der Waals surface area contributed by atoms with Crippen LogP contribution < -0.4 is 5.32 Å². The van der Waals surface area contributed by atoms with E-state index < -0.39 is 4.92 Å². The molecule has 6 nitrogen and oxygen atoms in total. The van der Waals surface area contributed by atoms with E-state index in [0.717, 1.165) is 5.56 Å². The molecule has 0 aliphatic rings. The van der Waals surface area contributed by atoms with Crippen molar-refractivity contribution in [2.45, 2.75) is 13.5 Å². The van der Waals surface area contributed by atoms with Gasteiger partial charge in [0.2, 0.25) is 0 Å². The molecule has 0 amide bonds. The third-order valence-electron chi connectivity index (χ3n) is 3.27. The van der Waals surface area contributed by atoms with Gasteiger partial charge in [-0.3, -0.25) is 10.1 Å². The number of rotatable bonds is 4. The van der Waals surface area contributed by atoms with Crippen LogP contribution in [-0.4, -0.2) is 9.91 Å². The predicted molar refractivity (Wildman–Crippen MR) is 79.2 cm³/mol. The fourth-order valence-electron chi connectivity index (χ4n) is 2.08. The Kier molecular flexibility index (Phi) is 3.27. The van der Waals surface area contributed by atoms with Crippen LogP contribution in [0.25, 0.3) is 11.1 Å². The molecule has 0 aliphatic heterocycles. The Labute approximate surface area is 120 Å². The Morgan fingerprint density at radius 2 is 2.10 bits per heavy atom. The number of non-ortho nitro benzene ring substituents is 1. The van der Waals surface area contributed by atoms with Gasteiger partial charge in [0.25, 0.3) is 11.7 Å². The molecular weight excluding hydrogens is 270 g/mol. The van der Waals surface area contributed by atoms with Gasteiger partial charge in [0, 0.05) is 18.7 Å². The Bertz CT molecular complexity index is 811. The zero-order chi connectivity index (χ0) is 14.8. The lowest BCUT2D eigenvalue weighted by Crippen LogP contribution is -2.00. The van der Waals surface area contributed by atoms with Gasteiger partial charge < -0.3 is 9.73 Å². The van der Waals surface area contributed by atoms with Crippen molar-refractivity contribution in [2.75, 3.05) is 5.32 Å². The first-order valence-electron chi connectivity index (χ1n) is 6.47. The van der Waals surface area contributed by atoms with Crippen LogP contribution >= 0.6 is 0 Å². The number of hydrogen-bond donors (Lipinski definition) is 1. The van der Waals surface area contributed by atoms with E-state index in [-0.39, 0.29) is 5.69 Å². The second-order valence-electron chi connectivity index (χ2n) is 4.71. The Hall–Kier alpha value is -2.89. The fourth-order valence-corrected chi connectivity index (χ4v) is 2.08. The average Bonchev–Trinajstić information content (AvgIpc) is 2.88. The van der Waals surface area contributed by atoms with Gasteiger partial charge in [0.1, 0.15) is 5.52 Å². The van der Waals surface area contributed by atoms with Crippen LogP contribution in [0.4, 0.5) is 11.7 Å². The number of nitro groups is 1. The van der Waals surface area contributed by atoms with Gasteiger partial charge in [-0.25, -0.2) is 0 Å². The van der Waals surface area contributed by atoms with Crippen molar-refractivity contribution >= 4 is 22.8 Å². The molecule has 0 unspecified atom stereocenters. The molecule has 0 spiro atoms. The molecule has 0 fully saturated rings. The third kappa shape index (κ3) is 2.69. The molecule has 0 saturated heterocycles. The number of fused-ring (bicyclic) bond motifs is 1. The highest BCUT2D eigenvalue weighted by Crippen LogP contribution is 2.23. The number of aromatic nitrogens is 1. The summed E-state index contributed by atoms with van der Waals surface area (Å²) < 4.78 is 5.52. The molecule has 0 saturated carbocycles. The molecule has 1 aromatic heterocycles. The lowest BCUT2D eigenvalue weighted by molar-refractivity contribution is -0.384. The largest absolute Gasteiger partial charge is 0.424 e. The fraction of sp³-hybridized carbons (Fsp3) is 0.133. The summed E-state index contributed by atoms with van der Waals surface area (Å²) in [6, 6.07) is 12.7. The first kappa shape index (κ1) is 13.1. The number of anilines is 1. The molecule has 106 valence electrons. The zero-order valence-electron chi connectivity index (χ0n) is 11.4. The van der Waals surface area contributed by atoms with E-state index in [4.69, 9.17) is 4.42 Å². The maximum absolute atomic E-state index is 10.7. The quantitative estimate of drug-likeness (QED) is 0.583. The van der Waals surface area contributed by atoms with E-state index in [1.54, 1.807) is 6.07 Å². The van der Waals surface area contributed by atoms with Crippen LogP contribution in [0.2, 0.25) is 0 Å². The van der Waals surface area contributed by atoms with Crippen molar-refractivity contribution in [1.29, 1.82) is 0 Å². The minimum atomic E-state index is -0.450. The number of hydrogen-bond acceptors (Lipinski definition) is 5. The highest BCUT2D eigenvalue weighted by molar-refractivity contribution is 5.77. The molecule has 21 heavy (non-hydrogen) atoms. The predicted octanol–water partition coefficient (Wildman–Crippen LogP) is 3.66. The topological polar surface area (TPSA) is 81.2 Å². The van der Waals surface area contributed by atoms with E-state index in [1.165, 1.54) is 17.7 Å². The zero-order valence-corrected chi connectivity index (χ0v) is 11.4. The van der Waals surface area contributed by atoms with Crippen LogP contribution in [0.5, 0.6) is 0 Å². The monoisotopic (exact) mass is 283 g/mol. The van der Waals surface area contributed by atoms with E-state index in [1.807, 2.05) is 31.2 Å². The van der Waals surface area contributed by atoms with Gasteiger partial charge >= 0.3 is 0 Å². The molecule has 3 aromatic rings. The highest BCUT2D eigenvalue weighted by Gasteiger charge is 2.11. The summed E-state index contributed by atoms with van der Waals surface area (Å²) >= 11 is 0. The number of oxazole rings is 1. The van der Waals surface area contributed by atoms with E-state index in [2.05, 4.69) is 10.3 Å². The number of aryl methyl sites for hydroxylation is 1. The first-order valence-corrected chi connectivity index (χ1v) is 6.47. The molecule has 6 heteroatoms. The highest BCUT2D eigenvalue weighted by atomic mass is 16.6. The summed E-state index contributed by atoms with van der Waals surface area (Å²) in [5, 5.41) is 13.8. The molecular formula is C15H13N3O3. The maximum atomic E-state index is 10.7. The molecule has 1 N–H and O–H groups in total. The van der Waals surface area contributed by atoms with Gasteiger partial charge in [0.05, 0.1) is 4.92 Å². The van der Waals surface area contributed by atoms with Crippen molar-refractivity contribution < 1.29 is 9.34 Å². The number of benzene rings is 2. The molecule has 0 bridgehead atoms. The van der Waals surface area contributed by atoms with Crippen molar-refractivity contribution in [3.05, 3.63) is 63.7 Å². The van der Waals surface area contributed by atoms with Crippen LogP contribution in [0.15, 0.2) is 46.9 Å². The second kappa shape index (κ2) is 5.24. The average molecular weight is 283 g/mol. The Morgan fingerprint density at radius 1 is 1.29 bits per heavy atom. The molecule has 0 aliphatic carbocycles. The van der Waals surface area contributed by atoms with Crippen LogP contribution in [0.3, 0.4) is 0 Å². The van der Waals surface area contributed by atoms with Gasteiger partial charge in [0.15, 0.2) is 5.58 Å². The summed E-state index contributed by atoms with van der Waals surface area (Å²) in [7, 11) is 0. The van der Waals surface area contributed by atoms with Crippen molar-refractivity contribution in [2.24, 2.45) is 0 Å². The lowest BCUT2D eigenvalue weighted by atomic mass is 10.1. The summed E-state index contributed by atoms with van der Waals surface area (Å²) in [5.74, 6) is 0. The Morgan fingerprint density at radius 3 is 2.86 bits per heavy atom. The van der Waals surface area contributed by atoms with Crippen molar-refractivity contribution in [1.82, 2.24) is 4.98 Å². The number of nitrogens with zero attached hydrogens (tertiary/aromatic N) is 2. The number of nitrogens with one attached hydrogen (secondary N) is 1. The minimum absolute atomic E-state index is 0.00116. The van der Waals surface area contributed by atoms with Crippen LogP contribution in [0, 0.1) is 17.0 Å². The normalized spacial score (nSPS) is 10.7. The van der Waals surface area contributed by atoms with E-state index >= 15 is 0 Å². The van der Waals surface area contributed by atoms with E-state index in [9.17, 15) is 10.1 Å². The van der Waals surface area contributed by atoms with Gasteiger partial charge in [-0.2, -0.15) is 4.98 Å². The Balaban J connectivity index is 1.82. The second-order valence-corrected chi connectivity index (χ2v) is 4.71. The van der Waals surface area contributed by atoms with Crippen LogP contribution in [-0.2, 0) is 6.54 Å². The summed E-state index contributed by atoms with van der Waals surface area (Å²) in [6.07, 6.45) is 0. The molecule has 0 atom stereocenters. The van der Waals surface area contributed by atoms with E-state index in [0.29, 0.717) is 23.7 Å². The molecule has 2 aromatic carbocycles. The molecule has 0 radical (unpaired) electrons. The summed E-state index contributed by atoms with van der Waals surface area (Å²) in [4.78, 5) is 14.5. The van der Waals surface area contributed by atoms with Gasteiger partial charge in [-0.05, 0) is 24.1 Å². The first-order chi connectivity index (χ1) is 10.1. The van der Waals surface area contributed by atoms with Crippen LogP contribution in [0.1, 0.15) is 11.1 Å². The van der Waals surface area contributed by atoms with Crippen molar-refractivity contribution in [3.63, 3.8) is 0 Å². The van der Waals surface area contributed by atoms with Gasteiger partial charge in [-0.1, -0.05) is 24.3 Å². The van der Waals surface area contributed by atoms with Crippen molar-refractivity contribution in [3.8, 4) is 0 Å².